The van der Waals surface area contributed by atoms with Gasteiger partial charge < -0.3 is 5.32 Å². The van der Waals surface area contributed by atoms with Crippen molar-refractivity contribution in [2.45, 2.75) is 13.0 Å². The van der Waals surface area contributed by atoms with Gasteiger partial charge in [0, 0.05) is 6.54 Å². The van der Waals surface area contributed by atoms with Gasteiger partial charge in [-0.2, -0.15) is 0 Å². The van der Waals surface area contributed by atoms with Gasteiger partial charge in [-0.25, -0.2) is 0 Å². The molecule has 0 saturated heterocycles. The zero-order valence-corrected chi connectivity index (χ0v) is 10.6. The fraction of sp³-hybridized carbons (Fsp3) is 0.176. The smallest absolute Gasteiger partial charge is 0.0205 e. The van der Waals surface area contributed by atoms with Crippen LogP contribution in [0.2, 0.25) is 0 Å². The molecule has 0 radical (unpaired) electrons. The normalized spacial score (nSPS) is 10.2. The van der Waals surface area contributed by atoms with Crippen LogP contribution in [0.5, 0.6) is 0 Å². The highest BCUT2D eigenvalue weighted by atomic mass is 14.8. The first-order chi connectivity index (χ1) is 8.90. The average Bonchev–Trinajstić information content (AvgIpc) is 2.45. The molecule has 0 fully saturated rings. The van der Waals surface area contributed by atoms with Crippen molar-refractivity contribution >= 4 is 6.08 Å². The molecule has 0 saturated carbocycles. The number of hydrogen-bond donors (Lipinski definition) is 1. The van der Waals surface area contributed by atoms with Crippen molar-refractivity contribution in [3.05, 3.63) is 77.9 Å². The lowest BCUT2D eigenvalue weighted by Crippen LogP contribution is -2.16. The molecule has 1 N–H and O–H groups in total. The molecule has 18 heavy (non-hydrogen) atoms. The second-order valence-electron chi connectivity index (χ2n) is 4.32. The van der Waals surface area contributed by atoms with Crippen LogP contribution in [0.25, 0.3) is 6.08 Å². The SMILES string of the molecule is C=Cc1ccccc1CCNCc1ccccc1. The van der Waals surface area contributed by atoms with Crippen LogP contribution in [-0.2, 0) is 13.0 Å². The third-order valence-corrected chi connectivity index (χ3v) is 3.02. The zero-order valence-electron chi connectivity index (χ0n) is 10.6. The topological polar surface area (TPSA) is 12.0 Å². The van der Waals surface area contributed by atoms with Crippen molar-refractivity contribution in [2.24, 2.45) is 0 Å². The fourth-order valence-electron chi connectivity index (χ4n) is 2.01. The molecule has 0 atom stereocenters. The molecule has 0 unspecified atom stereocenters. The van der Waals surface area contributed by atoms with Gasteiger partial charge in [0.25, 0.3) is 0 Å². The molecule has 0 bridgehead atoms. The van der Waals surface area contributed by atoms with E-state index in [2.05, 4.69) is 60.4 Å². The van der Waals surface area contributed by atoms with Crippen molar-refractivity contribution in [1.82, 2.24) is 5.32 Å². The minimum atomic E-state index is 0.928. The summed E-state index contributed by atoms with van der Waals surface area (Å²) in [6.07, 6.45) is 2.96. The lowest BCUT2D eigenvalue weighted by molar-refractivity contribution is 0.686. The Morgan fingerprint density at radius 1 is 0.944 bits per heavy atom. The zero-order chi connectivity index (χ0) is 12.6. The lowest BCUT2D eigenvalue weighted by atomic mass is 10.0. The summed E-state index contributed by atoms with van der Waals surface area (Å²) < 4.78 is 0. The predicted molar refractivity (Wildman–Crippen MR) is 78.4 cm³/mol. The van der Waals surface area contributed by atoms with Crippen molar-refractivity contribution in [3.63, 3.8) is 0 Å². The van der Waals surface area contributed by atoms with Crippen LogP contribution < -0.4 is 5.32 Å². The molecule has 2 aromatic carbocycles. The Morgan fingerprint density at radius 3 is 2.44 bits per heavy atom. The van der Waals surface area contributed by atoms with Crippen LogP contribution in [0, 0.1) is 0 Å². The largest absolute Gasteiger partial charge is 0.312 e. The first-order valence-corrected chi connectivity index (χ1v) is 6.35. The van der Waals surface area contributed by atoms with E-state index in [0.29, 0.717) is 0 Å². The molecule has 0 aliphatic carbocycles. The molecule has 92 valence electrons. The van der Waals surface area contributed by atoms with Crippen LogP contribution in [-0.4, -0.2) is 6.54 Å². The molecule has 1 nitrogen and oxygen atoms in total. The van der Waals surface area contributed by atoms with E-state index in [1.165, 1.54) is 16.7 Å². The van der Waals surface area contributed by atoms with E-state index in [1.807, 2.05) is 12.1 Å². The summed E-state index contributed by atoms with van der Waals surface area (Å²) in [6.45, 7) is 5.76. The van der Waals surface area contributed by atoms with Crippen LogP contribution in [0.3, 0.4) is 0 Å². The summed E-state index contributed by atoms with van der Waals surface area (Å²) >= 11 is 0. The van der Waals surface area contributed by atoms with Crippen molar-refractivity contribution in [2.75, 3.05) is 6.54 Å². The first-order valence-electron chi connectivity index (χ1n) is 6.35. The maximum absolute atomic E-state index is 3.85. The Morgan fingerprint density at radius 2 is 1.67 bits per heavy atom. The van der Waals surface area contributed by atoms with E-state index in [-0.39, 0.29) is 0 Å². The molecule has 2 rings (SSSR count). The van der Waals surface area contributed by atoms with Gasteiger partial charge in [-0.3, -0.25) is 0 Å². The number of rotatable bonds is 6. The second-order valence-corrected chi connectivity index (χ2v) is 4.32. The summed E-state index contributed by atoms with van der Waals surface area (Å²) in [5.74, 6) is 0. The van der Waals surface area contributed by atoms with Crippen LogP contribution >= 0.6 is 0 Å². The van der Waals surface area contributed by atoms with Crippen molar-refractivity contribution in [3.8, 4) is 0 Å². The Kier molecular flexibility index (Phi) is 4.74. The van der Waals surface area contributed by atoms with E-state index in [9.17, 15) is 0 Å². The molecule has 0 heterocycles. The van der Waals surface area contributed by atoms with E-state index >= 15 is 0 Å². The van der Waals surface area contributed by atoms with Crippen LogP contribution in [0.15, 0.2) is 61.2 Å². The number of nitrogens with one attached hydrogen (secondary N) is 1. The highest BCUT2D eigenvalue weighted by Crippen LogP contribution is 2.10. The highest BCUT2D eigenvalue weighted by Gasteiger charge is 1.97. The van der Waals surface area contributed by atoms with E-state index in [4.69, 9.17) is 0 Å². The summed E-state index contributed by atoms with van der Waals surface area (Å²) in [6, 6.07) is 18.9. The highest BCUT2D eigenvalue weighted by molar-refractivity contribution is 5.51. The van der Waals surface area contributed by atoms with Gasteiger partial charge in [0.2, 0.25) is 0 Å². The quantitative estimate of drug-likeness (QED) is 0.756. The lowest BCUT2D eigenvalue weighted by Gasteiger charge is -2.07. The van der Waals surface area contributed by atoms with E-state index in [0.717, 1.165) is 19.5 Å². The Bertz CT molecular complexity index is 488. The number of hydrogen-bond acceptors (Lipinski definition) is 1. The molecule has 0 aliphatic heterocycles. The second kappa shape index (κ2) is 6.77. The minimum absolute atomic E-state index is 0.928. The maximum atomic E-state index is 3.85. The summed E-state index contributed by atoms with van der Waals surface area (Å²) in [7, 11) is 0. The fourth-order valence-corrected chi connectivity index (χ4v) is 2.01. The Hall–Kier alpha value is -1.86. The van der Waals surface area contributed by atoms with Crippen LogP contribution in [0.1, 0.15) is 16.7 Å². The van der Waals surface area contributed by atoms with Crippen molar-refractivity contribution < 1.29 is 0 Å². The predicted octanol–water partition coefficient (Wildman–Crippen LogP) is 3.66. The van der Waals surface area contributed by atoms with Gasteiger partial charge in [-0.15, -0.1) is 0 Å². The molecule has 0 aromatic heterocycles. The molecular weight excluding hydrogens is 218 g/mol. The van der Waals surface area contributed by atoms with Crippen LogP contribution in [0.4, 0.5) is 0 Å². The average molecular weight is 237 g/mol. The Balaban J connectivity index is 1.80. The summed E-state index contributed by atoms with van der Waals surface area (Å²) in [4.78, 5) is 0. The standard InChI is InChI=1S/C17H19N/c1-2-16-10-6-7-11-17(16)12-13-18-14-15-8-4-3-5-9-15/h2-11,18H,1,12-14H2. The third kappa shape index (κ3) is 3.57. The number of benzene rings is 2. The van der Waals surface area contributed by atoms with Crippen molar-refractivity contribution in [1.29, 1.82) is 0 Å². The van der Waals surface area contributed by atoms with Gasteiger partial charge in [-0.1, -0.05) is 67.3 Å². The van der Waals surface area contributed by atoms with Gasteiger partial charge in [0.1, 0.15) is 0 Å². The van der Waals surface area contributed by atoms with Gasteiger partial charge in [0.15, 0.2) is 0 Å². The monoisotopic (exact) mass is 237 g/mol. The van der Waals surface area contributed by atoms with Gasteiger partial charge >= 0.3 is 0 Å². The molecule has 0 spiro atoms. The van der Waals surface area contributed by atoms with Gasteiger partial charge in [0.05, 0.1) is 0 Å². The summed E-state index contributed by atoms with van der Waals surface area (Å²) in [5, 5.41) is 3.47. The molecule has 2 aromatic rings. The molecule has 0 amide bonds. The molecule has 1 heteroatoms. The van der Waals surface area contributed by atoms with E-state index < -0.39 is 0 Å². The molecule has 0 aliphatic rings. The van der Waals surface area contributed by atoms with Gasteiger partial charge in [-0.05, 0) is 29.7 Å². The maximum Gasteiger partial charge on any atom is 0.0205 e. The first kappa shape index (κ1) is 12.6. The third-order valence-electron chi connectivity index (χ3n) is 3.02. The minimum Gasteiger partial charge on any atom is -0.312 e. The summed E-state index contributed by atoms with van der Waals surface area (Å²) in [5.41, 5.74) is 3.92. The van der Waals surface area contributed by atoms with E-state index in [1.54, 1.807) is 0 Å². The molecular formula is C17H19N. The Labute approximate surface area is 109 Å².